The maximum absolute atomic E-state index is 12.9. The van der Waals surface area contributed by atoms with Crippen LogP contribution in [-0.2, 0) is 0 Å². The lowest BCUT2D eigenvalue weighted by Gasteiger charge is -2.27. The molecular weight excluding hydrogens is 199 g/mol. The average Bonchev–Trinajstić information content (AvgIpc) is 2.14. The Labute approximate surface area is 98.9 Å². The topological polar surface area (TPSA) is 0 Å². The quantitative estimate of drug-likeness (QED) is 0.564. The molecule has 0 nitrogen and oxygen atoms in total. The Morgan fingerprint density at radius 2 is 2.00 bits per heavy atom. The third kappa shape index (κ3) is 3.96. The van der Waals surface area contributed by atoms with Crippen molar-refractivity contribution in [1.29, 1.82) is 0 Å². The summed E-state index contributed by atoms with van der Waals surface area (Å²) < 4.78 is 12.9. The summed E-state index contributed by atoms with van der Waals surface area (Å²) in [6, 6.07) is 0. The number of hydrogen-bond donors (Lipinski definition) is 0. The molecular formula is C15H23F. The van der Waals surface area contributed by atoms with Gasteiger partial charge in [0.2, 0.25) is 0 Å². The molecule has 1 aliphatic rings. The maximum Gasteiger partial charge on any atom is 0.118 e. The molecule has 1 atom stereocenters. The van der Waals surface area contributed by atoms with Gasteiger partial charge in [-0.2, -0.15) is 0 Å². The first-order valence-corrected chi connectivity index (χ1v) is 6.00. The summed E-state index contributed by atoms with van der Waals surface area (Å²) in [6.45, 7) is 11.1. The van der Waals surface area contributed by atoms with E-state index in [4.69, 9.17) is 0 Å². The molecule has 1 rings (SSSR count). The fraction of sp³-hybridized carbons (Fsp3) is 0.600. The Bertz CT molecular complexity index is 333. The van der Waals surface area contributed by atoms with Crippen molar-refractivity contribution >= 4 is 0 Å². The van der Waals surface area contributed by atoms with Gasteiger partial charge in [-0.25, -0.2) is 4.39 Å². The van der Waals surface area contributed by atoms with E-state index in [0.29, 0.717) is 11.3 Å². The molecule has 1 unspecified atom stereocenters. The molecule has 0 radical (unpaired) electrons. The molecule has 0 aromatic heterocycles. The first-order valence-electron chi connectivity index (χ1n) is 6.00. The molecule has 16 heavy (non-hydrogen) atoms. The lowest BCUT2D eigenvalue weighted by Crippen LogP contribution is -2.13. The third-order valence-corrected chi connectivity index (χ3v) is 2.87. The van der Waals surface area contributed by atoms with Gasteiger partial charge < -0.3 is 0 Å². The molecule has 0 bridgehead atoms. The highest BCUT2D eigenvalue weighted by Gasteiger charge is 2.20. The maximum atomic E-state index is 12.9. The van der Waals surface area contributed by atoms with Gasteiger partial charge in [-0.05, 0) is 44.3 Å². The van der Waals surface area contributed by atoms with Gasteiger partial charge in [0.25, 0.3) is 0 Å². The van der Waals surface area contributed by atoms with Crippen LogP contribution in [0.2, 0.25) is 0 Å². The van der Waals surface area contributed by atoms with Crippen molar-refractivity contribution in [1.82, 2.24) is 0 Å². The second-order valence-electron chi connectivity index (χ2n) is 6.05. The summed E-state index contributed by atoms with van der Waals surface area (Å²) in [7, 11) is 0. The lowest BCUT2D eigenvalue weighted by molar-refractivity contribution is 0.393. The first-order chi connectivity index (χ1) is 7.29. The molecule has 0 saturated heterocycles. The van der Waals surface area contributed by atoms with Crippen molar-refractivity contribution in [2.75, 3.05) is 0 Å². The van der Waals surface area contributed by atoms with Crippen molar-refractivity contribution in [2.45, 2.75) is 47.5 Å². The standard InChI is InChI=1S/C15H23F/c1-11(2)14(10-15(3,4)5)12-6-8-13(16)9-7-12/h6,8-9,12H,7,10H2,1-5H3. The number of halogens is 1. The van der Waals surface area contributed by atoms with Crippen molar-refractivity contribution < 1.29 is 4.39 Å². The smallest absolute Gasteiger partial charge is 0.118 e. The SMILES string of the molecule is CC(C)=C(CC(C)(C)C)C1C=CC(F)=CC1. The van der Waals surface area contributed by atoms with Gasteiger partial charge in [0.1, 0.15) is 5.83 Å². The van der Waals surface area contributed by atoms with Crippen LogP contribution in [0.4, 0.5) is 4.39 Å². The molecule has 90 valence electrons. The van der Waals surface area contributed by atoms with Gasteiger partial charge >= 0.3 is 0 Å². The van der Waals surface area contributed by atoms with Gasteiger partial charge in [-0.3, -0.25) is 0 Å². The van der Waals surface area contributed by atoms with Crippen molar-refractivity contribution in [3.05, 3.63) is 35.2 Å². The second kappa shape index (κ2) is 4.99. The summed E-state index contributed by atoms with van der Waals surface area (Å²) in [4.78, 5) is 0. The van der Waals surface area contributed by atoms with Gasteiger partial charge in [0, 0.05) is 5.92 Å². The zero-order valence-corrected chi connectivity index (χ0v) is 11.1. The van der Waals surface area contributed by atoms with Crippen molar-refractivity contribution in [3.8, 4) is 0 Å². The molecule has 0 aromatic carbocycles. The molecule has 0 N–H and O–H groups in total. The number of hydrogen-bond acceptors (Lipinski definition) is 0. The second-order valence-corrected chi connectivity index (χ2v) is 6.05. The third-order valence-electron chi connectivity index (χ3n) is 2.87. The van der Waals surface area contributed by atoms with Crippen LogP contribution in [0, 0.1) is 11.3 Å². The van der Waals surface area contributed by atoms with Gasteiger partial charge in [-0.1, -0.05) is 38.0 Å². The molecule has 0 spiro atoms. The molecule has 0 aromatic rings. The van der Waals surface area contributed by atoms with E-state index in [0.717, 1.165) is 12.8 Å². The van der Waals surface area contributed by atoms with Gasteiger partial charge in [0.05, 0.1) is 0 Å². The van der Waals surface area contributed by atoms with E-state index in [1.54, 1.807) is 12.2 Å². The van der Waals surface area contributed by atoms with Gasteiger partial charge in [0.15, 0.2) is 0 Å². The summed E-state index contributed by atoms with van der Waals surface area (Å²) in [5.41, 5.74) is 3.13. The normalized spacial score (nSPS) is 20.6. The van der Waals surface area contributed by atoms with E-state index in [-0.39, 0.29) is 5.83 Å². The zero-order chi connectivity index (χ0) is 12.3. The Morgan fingerprint density at radius 3 is 2.38 bits per heavy atom. The summed E-state index contributed by atoms with van der Waals surface area (Å²) in [5, 5.41) is 0. The largest absolute Gasteiger partial charge is 0.207 e. The lowest BCUT2D eigenvalue weighted by atomic mass is 9.79. The monoisotopic (exact) mass is 222 g/mol. The number of rotatable bonds is 2. The summed E-state index contributed by atoms with van der Waals surface area (Å²) in [6.07, 6.45) is 7.18. The van der Waals surface area contributed by atoms with Crippen molar-refractivity contribution in [3.63, 3.8) is 0 Å². The molecule has 0 heterocycles. The van der Waals surface area contributed by atoms with Crippen LogP contribution in [0.15, 0.2) is 35.2 Å². The highest BCUT2D eigenvalue weighted by molar-refractivity contribution is 5.27. The molecule has 0 saturated carbocycles. The van der Waals surface area contributed by atoms with E-state index < -0.39 is 0 Å². The average molecular weight is 222 g/mol. The Morgan fingerprint density at radius 1 is 1.38 bits per heavy atom. The minimum absolute atomic E-state index is 0.0971. The van der Waals surface area contributed by atoms with Gasteiger partial charge in [-0.15, -0.1) is 0 Å². The fourth-order valence-electron chi connectivity index (χ4n) is 2.10. The molecule has 0 amide bonds. The van der Waals surface area contributed by atoms with Crippen LogP contribution in [0.3, 0.4) is 0 Å². The number of allylic oxidation sites excluding steroid dienone is 6. The highest BCUT2D eigenvalue weighted by atomic mass is 19.1. The first kappa shape index (κ1) is 13.2. The van der Waals surface area contributed by atoms with Crippen LogP contribution in [0.5, 0.6) is 0 Å². The molecule has 1 aliphatic carbocycles. The molecule has 0 aliphatic heterocycles. The van der Waals surface area contributed by atoms with E-state index in [1.165, 1.54) is 11.1 Å². The Hall–Kier alpha value is -0.850. The predicted molar refractivity (Wildman–Crippen MR) is 68.9 cm³/mol. The van der Waals surface area contributed by atoms with Crippen LogP contribution >= 0.6 is 0 Å². The van der Waals surface area contributed by atoms with Crippen LogP contribution in [-0.4, -0.2) is 0 Å². The fourth-order valence-corrected chi connectivity index (χ4v) is 2.10. The van der Waals surface area contributed by atoms with E-state index in [2.05, 4.69) is 34.6 Å². The highest BCUT2D eigenvalue weighted by Crippen LogP contribution is 2.34. The van der Waals surface area contributed by atoms with Crippen molar-refractivity contribution in [2.24, 2.45) is 11.3 Å². The summed E-state index contributed by atoms with van der Waals surface area (Å²) in [5.74, 6) is 0.295. The van der Waals surface area contributed by atoms with Crippen LogP contribution in [0.25, 0.3) is 0 Å². The Kier molecular flexibility index (Phi) is 4.12. The zero-order valence-electron chi connectivity index (χ0n) is 11.1. The minimum atomic E-state index is -0.0971. The molecule has 1 heteroatoms. The van der Waals surface area contributed by atoms with E-state index in [1.807, 2.05) is 6.08 Å². The summed E-state index contributed by atoms with van der Waals surface area (Å²) >= 11 is 0. The van der Waals surface area contributed by atoms with E-state index in [9.17, 15) is 4.39 Å². The predicted octanol–water partition coefficient (Wildman–Crippen LogP) is 5.19. The van der Waals surface area contributed by atoms with E-state index >= 15 is 0 Å². The van der Waals surface area contributed by atoms with Crippen LogP contribution in [0.1, 0.15) is 47.5 Å². The Balaban J connectivity index is 2.83. The minimum Gasteiger partial charge on any atom is -0.207 e. The van der Waals surface area contributed by atoms with Crippen LogP contribution < -0.4 is 0 Å². The molecule has 0 fully saturated rings.